The number of aromatic nitrogens is 3. The summed E-state index contributed by atoms with van der Waals surface area (Å²) in [7, 11) is 1.77. The van der Waals surface area contributed by atoms with Crippen molar-refractivity contribution in [2.45, 2.75) is 29.8 Å². The molecular weight excluding hydrogens is 390 g/mol. The first-order valence-electron chi connectivity index (χ1n) is 9.16. The summed E-state index contributed by atoms with van der Waals surface area (Å²) in [5.41, 5.74) is 3.26. The van der Waals surface area contributed by atoms with E-state index in [1.807, 2.05) is 25.1 Å². The van der Waals surface area contributed by atoms with Gasteiger partial charge in [0.2, 0.25) is 0 Å². The highest BCUT2D eigenvalue weighted by Gasteiger charge is 2.27. The summed E-state index contributed by atoms with van der Waals surface area (Å²) < 4.78 is 1.68. The first-order chi connectivity index (χ1) is 14.0. The normalized spacial score (nSPS) is 13.2. The highest BCUT2D eigenvalue weighted by atomic mass is 32.2. The molecule has 0 aliphatic carbocycles. The van der Waals surface area contributed by atoms with Crippen molar-refractivity contribution in [3.05, 3.63) is 69.5 Å². The molecule has 0 saturated heterocycles. The van der Waals surface area contributed by atoms with Crippen LogP contribution >= 0.6 is 11.8 Å². The maximum absolute atomic E-state index is 13.2. The van der Waals surface area contributed by atoms with Gasteiger partial charge >= 0.3 is 0 Å². The van der Waals surface area contributed by atoms with Crippen molar-refractivity contribution in [1.82, 2.24) is 14.8 Å². The largest absolute Gasteiger partial charge is 0.311 e. The number of nitrogens with zero attached hydrogens (tertiary/aromatic N) is 5. The van der Waals surface area contributed by atoms with Crippen LogP contribution in [0.2, 0.25) is 0 Å². The van der Waals surface area contributed by atoms with Crippen LogP contribution in [-0.2, 0) is 13.5 Å². The molecule has 1 aliphatic heterocycles. The van der Waals surface area contributed by atoms with Crippen molar-refractivity contribution in [2.75, 3.05) is 11.4 Å². The molecule has 9 heteroatoms. The van der Waals surface area contributed by atoms with Crippen molar-refractivity contribution in [1.29, 1.82) is 0 Å². The molecule has 1 aliphatic rings. The first-order valence-corrected chi connectivity index (χ1v) is 9.98. The Hall–Kier alpha value is -3.20. The molecule has 1 aromatic heterocycles. The van der Waals surface area contributed by atoms with Gasteiger partial charge in [0.05, 0.1) is 15.5 Å². The summed E-state index contributed by atoms with van der Waals surface area (Å²) in [6, 6.07) is 10.6. The average Bonchev–Trinajstić information content (AvgIpc) is 3.12. The van der Waals surface area contributed by atoms with Crippen LogP contribution in [0, 0.1) is 17.0 Å². The lowest BCUT2D eigenvalue weighted by atomic mass is 9.97. The third-order valence-electron chi connectivity index (χ3n) is 4.94. The van der Waals surface area contributed by atoms with Crippen molar-refractivity contribution in [3.63, 3.8) is 0 Å². The van der Waals surface area contributed by atoms with Gasteiger partial charge in [0.25, 0.3) is 11.6 Å². The first kappa shape index (κ1) is 19.1. The third-order valence-corrected chi connectivity index (χ3v) is 6.06. The average molecular weight is 409 g/mol. The maximum atomic E-state index is 13.2. The molecule has 0 saturated carbocycles. The topological polar surface area (TPSA) is 94.2 Å². The standard InChI is InChI=1S/C20H19N5O3S/c1-13-5-3-6-14-7-4-10-24(18(13)14)19(26)15-8-9-17(16(11-15)25(27)28)29-20-22-21-12-23(20)2/h3,5-6,8-9,11-12H,4,7,10H2,1-2H3. The van der Waals surface area contributed by atoms with Gasteiger partial charge in [-0.2, -0.15) is 0 Å². The second kappa shape index (κ2) is 7.67. The van der Waals surface area contributed by atoms with Crippen LogP contribution < -0.4 is 4.90 Å². The predicted octanol–water partition coefficient (Wildman–Crippen LogP) is 3.78. The smallest absolute Gasteiger partial charge is 0.284 e. The fraction of sp³-hybridized carbons (Fsp3) is 0.250. The minimum Gasteiger partial charge on any atom is -0.311 e. The number of rotatable bonds is 4. The van der Waals surface area contributed by atoms with E-state index < -0.39 is 4.92 Å². The van der Waals surface area contributed by atoms with E-state index in [1.54, 1.807) is 28.6 Å². The summed E-state index contributed by atoms with van der Waals surface area (Å²) in [4.78, 5) is 26.6. The summed E-state index contributed by atoms with van der Waals surface area (Å²) in [5.74, 6) is -0.224. The van der Waals surface area contributed by atoms with E-state index >= 15 is 0 Å². The van der Waals surface area contributed by atoms with Gasteiger partial charge in [0.15, 0.2) is 5.16 Å². The summed E-state index contributed by atoms with van der Waals surface area (Å²) in [6.45, 7) is 2.58. The monoisotopic (exact) mass is 409 g/mol. The Morgan fingerprint density at radius 2 is 2.10 bits per heavy atom. The second-order valence-corrected chi connectivity index (χ2v) is 7.92. The van der Waals surface area contributed by atoms with Crippen LogP contribution in [0.4, 0.5) is 11.4 Å². The molecule has 0 radical (unpaired) electrons. The molecule has 0 fully saturated rings. The van der Waals surface area contributed by atoms with E-state index in [9.17, 15) is 14.9 Å². The van der Waals surface area contributed by atoms with Crippen molar-refractivity contribution >= 4 is 29.0 Å². The molecule has 29 heavy (non-hydrogen) atoms. The van der Waals surface area contributed by atoms with Gasteiger partial charge in [-0.1, -0.05) is 18.2 Å². The number of carbonyl (C=O) groups is 1. The SMILES string of the molecule is Cc1cccc2c1N(C(=O)c1ccc(Sc3nncn3C)c([N+](=O)[O-])c1)CCC2. The van der Waals surface area contributed by atoms with Crippen LogP contribution in [0.5, 0.6) is 0 Å². The van der Waals surface area contributed by atoms with Gasteiger partial charge in [-0.3, -0.25) is 14.9 Å². The highest BCUT2D eigenvalue weighted by Crippen LogP contribution is 2.36. The minimum absolute atomic E-state index is 0.120. The number of benzene rings is 2. The van der Waals surface area contributed by atoms with E-state index in [0.717, 1.165) is 41.4 Å². The van der Waals surface area contributed by atoms with Gasteiger partial charge < -0.3 is 9.47 Å². The number of aryl methyl sites for hydroxylation is 3. The number of hydrogen-bond acceptors (Lipinski definition) is 6. The number of nitro groups is 1. The van der Waals surface area contributed by atoms with Gasteiger partial charge in [0.1, 0.15) is 6.33 Å². The van der Waals surface area contributed by atoms with Crippen molar-refractivity contribution in [3.8, 4) is 0 Å². The van der Waals surface area contributed by atoms with Crippen molar-refractivity contribution < 1.29 is 9.72 Å². The van der Waals surface area contributed by atoms with E-state index in [-0.39, 0.29) is 11.6 Å². The Balaban J connectivity index is 1.70. The Morgan fingerprint density at radius 1 is 1.28 bits per heavy atom. The molecule has 3 aromatic rings. The van der Waals surface area contributed by atoms with E-state index in [2.05, 4.69) is 10.2 Å². The summed E-state index contributed by atoms with van der Waals surface area (Å²) >= 11 is 1.15. The molecule has 2 aromatic carbocycles. The number of anilines is 1. The molecule has 0 unspecified atom stereocenters. The molecule has 1 amide bonds. The zero-order valence-electron chi connectivity index (χ0n) is 16.0. The molecular formula is C20H19N5O3S. The lowest BCUT2D eigenvalue weighted by Gasteiger charge is -2.31. The molecule has 0 bridgehead atoms. The minimum atomic E-state index is -0.467. The number of fused-ring (bicyclic) bond motifs is 1. The second-order valence-electron chi connectivity index (χ2n) is 6.91. The zero-order chi connectivity index (χ0) is 20.5. The van der Waals surface area contributed by atoms with Crippen molar-refractivity contribution in [2.24, 2.45) is 7.05 Å². The van der Waals surface area contributed by atoms with Gasteiger partial charge in [-0.15, -0.1) is 10.2 Å². The molecule has 148 valence electrons. The van der Waals surface area contributed by atoms with Crippen LogP contribution in [0.25, 0.3) is 0 Å². The van der Waals surface area contributed by atoms with Crippen LogP contribution in [0.1, 0.15) is 27.9 Å². The Bertz CT molecular complexity index is 1110. The number of nitro benzene ring substituents is 1. The Kier molecular flexibility index (Phi) is 5.06. The fourth-order valence-electron chi connectivity index (χ4n) is 3.55. The Labute approximate surface area is 171 Å². The van der Waals surface area contributed by atoms with Crippen LogP contribution in [0.15, 0.2) is 52.8 Å². The summed E-state index contributed by atoms with van der Waals surface area (Å²) in [6.07, 6.45) is 3.32. The van der Waals surface area contributed by atoms with E-state index in [1.165, 1.54) is 12.4 Å². The van der Waals surface area contributed by atoms with Gasteiger partial charge in [-0.25, -0.2) is 0 Å². The fourth-order valence-corrected chi connectivity index (χ4v) is 4.40. The van der Waals surface area contributed by atoms with Crippen LogP contribution in [0.3, 0.4) is 0 Å². The lowest BCUT2D eigenvalue weighted by Crippen LogP contribution is -2.36. The number of hydrogen-bond donors (Lipinski definition) is 0. The Morgan fingerprint density at radius 3 is 2.83 bits per heavy atom. The van der Waals surface area contributed by atoms with Gasteiger partial charge in [0, 0.05) is 25.2 Å². The molecule has 2 heterocycles. The summed E-state index contributed by atoms with van der Waals surface area (Å²) in [5, 5.41) is 19.9. The quantitative estimate of drug-likeness (QED) is 0.481. The number of carbonyl (C=O) groups excluding carboxylic acids is 1. The zero-order valence-corrected chi connectivity index (χ0v) is 16.8. The molecule has 4 rings (SSSR count). The molecule has 0 atom stereocenters. The number of amides is 1. The number of para-hydroxylation sites is 1. The molecule has 8 nitrogen and oxygen atoms in total. The van der Waals surface area contributed by atoms with Crippen LogP contribution in [-0.4, -0.2) is 32.1 Å². The maximum Gasteiger partial charge on any atom is 0.284 e. The molecule has 0 spiro atoms. The highest BCUT2D eigenvalue weighted by molar-refractivity contribution is 7.99. The predicted molar refractivity (Wildman–Crippen MR) is 109 cm³/mol. The lowest BCUT2D eigenvalue weighted by molar-refractivity contribution is -0.387. The van der Waals surface area contributed by atoms with E-state index in [4.69, 9.17) is 0 Å². The molecule has 0 N–H and O–H groups in total. The van der Waals surface area contributed by atoms with Gasteiger partial charge in [-0.05, 0) is 54.8 Å². The third kappa shape index (κ3) is 3.61. The van der Waals surface area contributed by atoms with E-state index in [0.29, 0.717) is 22.2 Å².